The fraction of sp³-hybridized carbons (Fsp3) is 0.167. The molecule has 0 amide bonds. The highest BCUT2D eigenvalue weighted by Gasteiger charge is 2.32. The molecule has 2 nitrogen and oxygen atoms in total. The van der Waals surface area contributed by atoms with Gasteiger partial charge in [-0.1, -0.05) is 0 Å². The van der Waals surface area contributed by atoms with E-state index in [1.807, 2.05) is 0 Å². The van der Waals surface area contributed by atoms with Crippen LogP contribution in [0.4, 0.5) is 13.2 Å². The topological polar surface area (TPSA) is 33.1 Å². The van der Waals surface area contributed by atoms with Gasteiger partial charge in [0.1, 0.15) is 11.4 Å². The van der Waals surface area contributed by atoms with Crippen LogP contribution in [-0.2, 0) is 6.18 Å². The maximum absolute atomic E-state index is 12.0. The predicted molar refractivity (Wildman–Crippen MR) is 43.6 cm³/mol. The summed E-state index contributed by atoms with van der Waals surface area (Å²) < 4.78 is 36.0. The van der Waals surface area contributed by atoms with Gasteiger partial charge in [0.15, 0.2) is 0 Å². The summed E-state index contributed by atoms with van der Waals surface area (Å²) in [6, 6.07) is 0.788. The Kier molecular flexibility index (Phi) is 2.45. The molecule has 0 atom stereocenters. The second-order valence-corrected chi connectivity index (χ2v) is 3.18. The highest BCUT2D eigenvalue weighted by molar-refractivity contribution is 14.1. The highest BCUT2D eigenvalue weighted by Crippen LogP contribution is 2.30. The van der Waals surface area contributed by atoms with E-state index >= 15 is 0 Å². The first-order chi connectivity index (χ1) is 5.41. The first-order valence-corrected chi connectivity index (χ1v) is 3.91. The van der Waals surface area contributed by atoms with Crippen LogP contribution >= 0.6 is 22.6 Å². The molecular weight excluding hydrogens is 286 g/mol. The summed E-state index contributed by atoms with van der Waals surface area (Å²) in [5.41, 5.74) is -0.996. The molecule has 0 saturated heterocycles. The van der Waals surface area contributed by atoms with Crippen molar-refractivity contribution in [3.8, 4) is 5.75 Å². The van der Waals surface area contributed by atoms with Gasteiger partial charge >= 0.3 is 6.18 Å². The van der Waals surface area contributed by atoms with Gasteiger partial charge in [0.25, 0.3) is 0 Å². The molecule has 12 heavy (non-hydrogen) atoms. The number of pyridine rings is 1. The van der Waals surface area contributed by atoms with Crippen LogP contribution in [0.25, 0.3) is 0 Å². The molecule has 1 aromatic rings. The molecular formula is C6H3F3INO. The van der Waals surface area contributed by atoms with E-state index in [1.165, 1.54) is 0 Å². The van der Waals surface area contributed by atoms with Crippen molar-refractivity contribution >= 4 is 22.6 Å². The van der Waals surface area contributed by atoms with E-state index in [1.54, 1.807) is 22.6 Å². The van der Waals surface area contributed by atoms with E-state index in [2.05, 4.69) is 4.98 Å². The standard InChI is InChI=1S/C6H3F3INO/c7-6(8,9)5-1-3(10)4(12)2-11-5/h1-2,12H. The number of alkyl halides is 3. The number of halogens is 4. The fourth-order valence-corrected chi connectivity index (χ4v) is 1.01. The van der Waals surface area contributed by atoms with Gasteiger partial charge < -0.3 is 5.11 Å². The summed E-state index contributed by atoms with van der Waals surface area (Å²) in [4.78, 5) is 3.03. The monoisotopic (exact) mass is 289 g/mol. The van der Waals surface area contributed by atoms with Crippen LogP contribution in [0, 0.1) is 3.57 Å². The van der Waals surface area contributed by atoms with Crippen LogP contribution in [0.3, 0.4) is 0 Å². The zero-order valence-corrected chi connectivity index (χ0v) is 7.72. The Morgan fingerprint density at radius 2 is 2.00 bits per heavy atom. The van der Waals surface area contributed by atoms with Crippen LogP contribution < -0.4 is 0 Å². The van der Waals surface area contributed by atoms with Crippen molar-refractivity contribution in [2.24, 2.45) is 0 Å². The Hall–Kier alpha value is -0.530. The Morgan fingerprint density at radius 1 is 1.42 bits per heavy atom. The highest BCUT2D eigenvalue weighted by atomic mass is 127. The van der Waals surface area contributed by atoms with Crippen molar-refractivity contribution in [2.75, 3.05) is 0 Å². The zero-order chi connectivity index (χ0) is 9.35. The third-order valence-corrected chi connectivity index (χ3v) is 1.99. The van der Waals surface area contributed by atoms with Gasteiger partial charge in [0.2, 0.25) is 0 Å². The van der Waals surface area contributed by atoms with E-state index in [-0.39, 0.29) is 9.32 Å². The number of hydrogen-bond donors (Lipinski definition) is 1. The molecule has 0 spiro atoms. The van der Waals surface area contributed by atoms with Crippen molar-refractivity contribution in [3.63, 3.8) is 0 Å². The molecule has 1 N–H and O–H groups in total. The summed E-state index contributed by atoms with van der Waals surface area (Å²) >= 11 is 1.60. The Bertz CT molecular complexity index is 299. The molecule has 0 bridgehead atoms. The molecule has 0 aliphatic carbocycles. The summed E-state index contributed by atoms with van der Waals surface area (Å²) in [5.74, 6) is -0.247. The minimum Gasteiger partial charge on any atom is -0.505 e. The molecule has 0 radical (unpaired) electrons. The quantitative estimate of drug-likeness (QED) is 0.744. The number of aromatic nitrogens is 1. The average molecular weight is 289 g/mol. The SMILES string of the molecule is Oc1cnc(C(F)(F)F)cc1I. The average Bonchev–Trinajstić information content (AvgIpc) is 1.92. The smallest absolute Gasteiger partial charge is 0.433 e. The maximum atomic E-state index is 12.0. The maximum Gasteiger partial charge on any atom is 0.433 e. The minimum atomic E-state index is -4.45. The Labute approximate surface area is 79.6 Å². The van der Waals surface area contributed by atoms with Crippen molar-refractivity contribution in [1.82, 2.24) is 4.98 Å². The summed E-state index contributed by atoms with van der Waals surface area (Å²) in [5, 5.41) is 8.87. The van der Waals surface area contributed by atoms with Crippen LogP contribution in [0.1, 0.15) is 5.69 Å². The Morgan fingerprint density at radius 3 is 2.42 bits per heavy atom. The Balaban J connectivity index is 3.14. The molecule has 1 rings (SSSR count). The largest absolute Gasteiger partial charge is 0.505 e. The van der Waals surface area contributed by atoms with Crippen molar-refractivity contribution in [1.29, 1.82) is 0 Å². The first kappa shape index (κ1) is 9.56. The molecule has 66 valence electrons. The van der Waals surface area contributed by atoms with Gasteiger partial charge in [0, 0.05) is 0 Å². The summed E-state index contributed by atoms with van der Waals surface area (Å²) in [6.07, 6.45) is -3.67. The van der Waals surface area contributed by atoms with Crippen molar-refractivity contribution in [2.45, 2.75) is 6.18 Å². The molecule has 1 aromatic heterocycles. The lowest BCUT2D eigenvalue weighted by Gasteiger charge is -2.05. The van der Waals surface area contributed by atoms with Crippen LogP contribution in [0.5, 0.6) is 5.75 Å². The van der Waals surface area contributed by atoms with Crippen LogP contribution in [-0.4, -0.2) is 10.1 Å². The number of nitrogens with zero attached hydrogens (tertiary/aromatic N) is 1. The van der Waals surface area contributed by atoms with E-state index in [4.69, 9.17) is 5.11 Å². The molecule has 0 aliphatic heterocycles. The number of aromatic hydroxyl groups is 1. The zero-order valence-electron chi connectivity index (χ0n) is 5.56. The van der Waals surface area contributed by atoms with E-state index < -0.39 is 11.9 Å². The van der Waals surface area contributed by atoms with Gasteiger partial charge in [-0.2, -0.15) is 13.2 Å². The second kappa shape index (κ2) is 3.08. The van der Waals surface area contributed by atoms with Gasteiger partial charge in [-0.25, -0.2) is 4.98 Å². The molecule has 6 heteroatoms. The van der Waals surface area contributed by atoms with Gasteiger partial charge in [0.05, 0.1) is 9.77 Å². The molecule has 0 aliphatic rings. The van der Waals surface area contributed by atoms with Crippen LogP contribution in [0.15, 0.2) is 12.3 Å². The van der Waals surface area contributed by atoms with Gasteiger partial charge in [-0.05, 0) is 28.7 Å². The fourth-order valence-electron chi connectivity index (χ4n) is 0.579. The van der Waals surface area contributed by atoms with Gasteiger partial charge in [-0.15, -0.1) is 0 Å². The first-order valence-electron chi connectivity index (χ1n) is 2.83. The molecule has 0 fully saturated rings. The summed E-state index contributed by atoms with van der Waals surface area (Å²) in [6.45, 7) is 0. The van der Waals surface area contributed by atoms with Crippen molar-refractivity contribution < 1.29 is 18.3 Å². The molecule has 1 heterocycles. The lowest BCUT2D eigenvalue weighted by atomic mass is 10.3. The van der Waals surface area contributed by atoms with Crippen LogP contribution in [0.2, 0.25) is 0 Å². The second-order valence-electron chi connectivity index (χ2n) is 2.02. The van der Waals surface area contributed by atoms with Gasteiger partial charge in [-0.3, -0.25) is 0 Å². The van der Waals surface area contributed by atoms with E-state index in [0.29, 0.717) is 0 Å². The van der Waals surface area contributed by atoms with E-state index in [9.17, 15) is 13.2 Å². The minimum absolute atomic E-state index is 0.134. The summed E-state index contributed by atoms with van der Waals surface area (Å²) in [7, 11) is 0. The normalized spacial score (nSPS) is 11.7. The molecule has 0 saturated carbocycles. The number of hydrogen-bond acceptors (Lipinski definition) is 2. The molecule has 0 aromatic carbocycles. The molecule has 0 unspecified atom stereocenters. The number of rotatable bonds is 0. The third kappa shape index (κ3) is 1.99. The third-order valence-electron chi connectivity index (χ3n) is 1.12. The lowest BCUT2D eigenvalue weighted by Crippen LogP contribution is -2.07. The lowest BCUT2D eigenvalue weighted by molar-refractivity contribution is -0.141. The predicted octanol–water partition coefficient (Wildman–Crippen LogP) is 2.41. The van der Waals surface area contributed by atoms with Crippen molar-refractivity contribution in [3.05, 3.63) is 21.5 Å². The van der Waals surface area contributed by atoms with E-state index in [0.717, 1.165) is 12.3 Å².